The molecule has 0 spiro atoms. The largest absolute Gasteiger partial charge is 0.355 e. The van der Waals surface area contributed by atoms with Gasteiger partial charge in [0.25, 0.3) is 0 Å². The number of halogens is 1. The SMILES string of the molecule is CN=C(NCc1nnc2n1CCC2)NCC1CCCS1.I. The molecule has 0 saturated carbocycles. The van der Waals surface area contributed by atoms with Crippen LogP contribution in [0.2, 0.25) is 0 Å². The van der Waals surface area contributed by atoms with Crippen LogP contribution in [-0.4, -0.2) is 45.3 Å². The molecule has 6 nitrogen and oxygen atoms in total. The van der Waals surface area contributed by atoms with E-state index in [1.807, 2.05) is 7.05 Å². The minimum absolute atomic E-state index is 0. The second-order valence-corrected chi connectivity index (χ2v) is 6.64. The zero-order chi connectivity index (χ0) is 13.8. The molecule has 1 atom stereocenters. The van der Waals surface area contributed by atoms with E-state index in [9.17, 15) is 0 Å². The first-order valence-corrected chi connectivity index (χ1v) is 8.39. The lowest BCUT2D eigenvalue weighted by atomic mass is 10.2. The van der Waals surface area contributed by atoms with Crippen molar-refractivity contribution in [3.63, 3.8) is 0 Å². The van der Waals surface area contributed by atoms with Crippen molar-refractivity contribution in [2.75, 3.05) is 19.3 Å². The first-order valence-electron chi connectivity index (χ1n) is 7.34. The molecular weight excluding hydrogens is 399 g/mol. The maximum atomic E-state index is 4.27. The van der Waals surface area contributed by atoms with Crippen molar-refractivity contribution in [3.8, 4) is 0 Å². The van der Waals surface area contributed by atoms with Gasteiger partial charge in [-0.05, 0) is 25.0 Å². The number of hydrogen-bond donors (Lipinski definition) is 2. The molecule has 1 saturated heterocycles. The van der Waals surface area contributed by atoms with Crippen LogP contribution in [0, 0.1) is 0 Å². The van der Waals surface area contributed by atoms with Gasteiger partial charge in [0.15, 0.2) is 11.8 Å². The number of aliphatic imine (C=N–C) groups is 1. The smallest absolute Gasteiger partial charge is 0.191 e. The van der Waals surface area contributed by atoms with Crippen LogP contribution in [0.3, 0.4) is 0 Å². The van der Waals surface area contributed by atoms with Crippen LogP contribution in [0.4, 0.5) is 0 Å². The molecule has 3 heterocycles. The number of hydrogen-bond acceptors (Lipinski definition) is 4. The molecular formula is C13H23IN6S. The number of thioether (sulfide) groups is 1. The first-order chi connectivity index (χ1) is 9.86. The zero-order valence-corrected chi connectivity index (χ0v) is 15.5. The van der Waals surface area contributed by atoms with E-state index in [4.69, 9.17) is 0 Å². The molecule has 2 N–H and O–H groups in total. The predicted molar refractivity (Wildman–Crippen MR) is 97.4 cm³/mol. The Morgan fingerprint density at radius 2 is 2.29 bits per heavy atom. The number of nitrogens with one attached hydrogen (secondary N) is 2. The third-order valence-corrected chi connectivity index (χ3v) is 5.24. The molecule has 0 aromatic carbocycles. The van der Waals surface area contributed by atoms with E-state index in [1.165, 1.54) is 25.0 Å². The van der Waals surface area contributed by atoms with Gasteiger partial charge in [-0.15, -0.1) is 34.2 Å². The average Bonchev–Trinajstić information content (AvgIpc) is 3.17. The van der Waals surface area contributed by atoms with Crippen molar-refractivity contribution < 1.29 is 0 Å². The Morgan fingerprint density at radius 3 is 3.05 bits per heavy atom. The summed E-state index contributed by atoms with van der Waals surface area (Å²) in [6, 6.07) is 0. The van der Waals surface area contributed by atoms with E-state index in [1.54, 1.807) is 0 Å². The highest BCUT2D eigenvalue weighted by molar-refractivity contribution is 14.0. The fourth-order valence-corrected chi connectivity index (χ4v) is 3.94. The normalized spacial score (nSPS) is 21.0. The van der Waals surface area contributed by atoms with Crippen molar-refractivity contribution >= 4 is 41.7 Å². The maximum absolute atomic E-state index is 4.27. The molecule has 2 aliphatic rings. The standard InChI is InChI=1S/C13H22N6S.HI/c1-14-13(15-8-10-4-3-7-20-10)16-9-12-18-17-11-5-2-6-19(11)12;/h10H,2-9H2,1H3,(H2,14,15,16);1H. The minimum Gasteiger partial charge on any atom is -0.355 e. The average molecular weight is 422 g/mol. The molecule has 118 valence electrons. The lowest BCUT2D eigenvalue weighted by Crippen LogP contribution is -2.40. The first kappa shape index (κ1) is 16.9. The van der Waals surface area contributed by atoms with Gasteiger partial charge in [-0.2, -0.15) is 11.8 Å². The summed E-state index contributed by atoms with van der Waals surface area (Å²) in [6.07, 6.45) is 4.89. The van der Waals surface area contributed by atoms with Gasteiger partial charge in [0.1, 0.15) is 5.82 Å². The number of nitrogens with zero attached hydrogens (tertiary/aromatic N) is 4. The summed E-state index contributed by atoms with van der Waals surface area (Å²) in [5.41, 5.74) is 0. The summed E-state index contributed by atoms with van der Waals surface area (Å²) in [6.45, 7) is 2.72. The Labute approximate surface area is 147 Å². The zero-order valence-electron chi connectivity index (χ0n) is 12.3. The number of aryl methyl sites for hydroxylation is 1. The van der Waals surface area contributed by atoms with Crippen molar-refractivity contribution in [1.82, 2.24) is 25.4 Å². The molecule has 21 heavy (non-hydrogen) atoms. The highest BCUT2D eigenvalue weighted by Gasteiger charge is 2.18. The third-order valence-electron chi connectivity index (χ3n) is 3.84. The van der Waals surface area contributed by atoms with E-state index < -0.39 is 0 Å². The van der Waals surface area contributed by atoms with Crippen molar-refractivity contribution in [2.45, 2.75) is 44.0 Å². The van der Waals surface area contributed by atoms with Crippen LogP contribution in [0.15, 0.2) is 4.99 Å². The molecule has 1 unspecified atom stereocenters. The lowest BCUT2D eigenvalue weighted by Gasteiger charge is -2.14. The Bertz CT molecular complexity index is 483. The lowest BCUT2D eigenvalue weighted by molar-refractivity contribution is 0.659. The molecule has 0 radical (unpaired) electrons. The molecule has 1 fully saturated rings. The number of rotatable bonds is 4. The van der Waals surface area contributed by atoms with Crippen LogP contribution < -0.4 is 10.6 Å². The Kier molecular flexibility index (Phi) is 6.59. The van der Waals surface area contributed by atoms with Crippen LogP contribution in [0.25, 0.3) is 0 Å². The third kappa shape index (κ3) is 4.24. The summed E-state index contributed by atoms with van der Waals surface area (Å²) in [5.74, 6) is 4.28. The fraction of sp³-hybridized carbons (Fsp3) is 0.769. The summed E-state index contributed by atoms with van der Waals surface area (Å²) < 4.78 is 2.22. The van der Waals surface area contributed by atoms with Crippen LogP contribution in [0.5, 0.6) is 0 Å². The monoisotopic (exact) mass is 422 g/mol. The summed E-state index contributed by atoms with van der Waals surface area (Å²) in [4.78, 5) is 4.27. The number of guanidine groups is 1. The molecule has 0 amide bonds. The van der Waals surface area contributed by atoms with Gasteiger partial charge in [-0.3, -0.25) is 4.99 Å². The molecule has 1 aromatic heterocycles. The van der Waals surface area contributed by atoms with Crippen molar-refractivity contribution in [1.29, 1.82) is 0 Å². The molecule has 2 aliphatic heterocycles. The van der Waals surface area contributed by atoms with E-state index in [0.717, 1.165) is 42.4 Å². The van der Waals surface area contributed by atoms with Gasteiger partial charge in [-0.25, -0.2) is 0 Å². The van der Waals surface area contributed by atoms with E-state index in [-0.39, 0.29) is 24.0 Å². The van der Waals surface area contributed by atoms with Crippen molar-refractivity contribution in [3.05, 3.63) is 11.6 Å². The number of aromatic nitrogens is 3. The molecule has 3 rings (SSSR count). The topological polar surface area (TPSA) is 67.1 Å². The van der Waals surface area contributed by atoms with Crippen LogP contribution in [0.1, 0.15) is 30.9 Å². The molecule has 0 bridgehead atoms. The number of fused-ring (bicyclic) bond motifs is 1. The highest BCUT2D eigenvalue weighted by Crippen LogP contribution is 2.25. The highest BCUT2D eigenvalue weighted by atomic mass is 127. The van der Waals surface area contributed by atoms with Crippen LogP contribution >= 0.6 is 35.7 Å². The van der Waals surface area contributed by atoms with E-state index in [0.29, 0.717) is 6.54 Å². The van der Waals surface area contributed by atoms with Gasteiger partial charge in [0.05, 0.1) is 6.54 Å². The molecule has 1 aromatic rings. The second-order valence-electron chi connectivity index (χ2n) is 5.23. The molecule has 8 heteroatoms. The van der Waals surface area contributed by atoms with E-state index in [2.05, 4.69) is 42.2 Å². The maximum Gasteiger partial charge on any atom is 0.191 e. The molecule has 0 aliphatic carbocycles. The predicted octanol–water partition coefficient (Wildman–Crippen LogP) is 1.40. The summed E-state index contributed by atoms with van der Waals surface area (Å²) in [5, 5.41) is 15.9. The Hall–Kier alpha value is -0.510. The Morgan fingerprint density at radius 1 is 1.38 bits per heavy atom. The van der Waals surface area contributed by atoms with E-state index >= 15 is 0 Å². The second kappa shape index (κ2) is 8.21. The van der Waals surface area contributed by atoms with Gasteiger partial charge in [-0.1, -0.05) is 0 Å². The van der Waals surface area contributed by atoms with Crippen molar-refractivity contribution in [2.24, 2.45) is 4.99 Å². The summed E-state index contributed by atoms with van der Waals surface area (Å²) >= 11 is 2.06. The summed E-state index contributed by atoms with van der Waals surface area (Å²) in [7, 11) is 1.81. The van der Waals surface area contributed by atoms with Gasteiger partial charge in [0, 0.05) is 31.8 Å². The van der Waals surface area contributed by atoms with Gasteiger partial charge in [0.2, 0.25) is 0 Å². The fourth-order valence-electron chi connectivity index (χ4n) is 2.74. The Balaban J connectivity index is 0.00000161. The van der Waals surface area contributed by atoms with Crippen LogP contribution in [-0.2, 0) is 19.5 Å². The van der Waals surface area contributed by atoms with Gasteiger partial charge < -0.3 is 15.2 Å². The minimum atomic E-state index is 0. The quantitative estimate of drug-likeness (QED) is 0.436. The van der Waals surface area contributed by atoms with Gasteiger partial charge >= 0.3 is 0 Å².